The number of carbonyl (C=O) groups is 1. The lowest BCUT2D eigenvalue weighted by atomic mass is 9.83. The number of aliphatic carboxylic acids is 1. The first kappa shape index (κ1) is 21.0. The van der Waals surface area contributed by atoms with Crippen LogP contribution in [-0.2, 0) is 11.3 Å². The van der Waals surface area contributed by atoms with Crippen LogP contribution in [0.1, 0.15) is 18.4 Å². The largest absolute Gasteiger partial charge is 0.490 e. The minimum Gasteiger partial charge on any atom is -0.475 e. The third kappa shape index (κ3) is 5.00. The van der Waals surface area contributed by atoms with Gasteiger partial charge in [-0.3, -0.25) is 4.90 Å². The van der Waals surface area contributed by atoms with Crippen molar-refractivity contribution >= 4 is 11.9 Å². The number of halogens is 4. The maximum Gasteiger partial charge on any atom is 0.490 e. The van der Waals surface area contributed by atoms with Gasteiger partial charge in [-0.15, -0.1) is 0 Å². The number of benzene rings is 1. The normalized spacial score (nSPS) is 21.4. The Hall–Kier alpha value is -2.75. The average Bonchev–Trinajstić information content (AvgIpc) is 3.15. The Morgan fingerprint density at radius 2 is 1.69 bits per heavy atom. The molecule has 2 aliphatic heterocycles. The molecular weight excluding hydrogens is 392 g/mol. The number of anilines is 1. The summed E-state index contributed by atoms with van der Waals surface area (Å²) in [4.78, 5) is 22.4. The second-order valence-corrected chi connectivity index (χ2v) is 7.05. The molecule has 0 amide bonds. The highest BCUT2D eigenvalue weighted by Crippen LogP contribution is 2.40. The number of carboxylic acid groups (broad SMARTS) is 1. The molecule has 1 aromatic carbocycles. The summed E-state index contributed by atoms with van der Waals surface area (Å²) in [5.74, 6) is -2.10. The fourth-order valence-electron chi connectivity index (χ4n) is 3.59. The van der Waals surface area contributed by atoms with Gasteiger partial charge in [0.15, 0.2) is 0 Å². The molecule has 29 heavy (non-hydrogen) atoms. The first-order valence-electron chi connectivity index (χ1n) is 9.01. The summed E-state index contributed by atoms with van der Waals surface area (Å²) in [6.45, 7) is 3.99. The van der Waals surface area contributed by atoms with E-state index in [2.05, 4.69) is 19.8 Å². The Labute approximate surface area is 164 Å². The van der Waals surface area contributed by atoms with Gasteiger partial charge in [-0.05, 0) is 36.6 Å². The minimum atomic E-state index is -5.08. The highest BCUT2D eigenvalue weighted by molar-refractivity contribution is 5.73. The lowest BCUT2D eigenvalue weighted by Crippen LogP contribution is -2.60. The Morgan fingerprint density at radius 3 is 2.21 bits per heavy atom. The van der Waals surface area contributed by atoms with E-state index in [0.717, 1.165) is 38.5 Å². The zero-order valence-corrected chi connectivity index (χ0v) is 15.4. The average molecular weight is 412 g/mol. The Bertz CT molecular complexity index is 832. The summed E-state index contributed by atoms with van der Waals surface area (Å²) in [5, 5.41) is 7.12. The van der Waals surface area contributed by atoms with Crippen molar-refractivity contribution in [2.75, 3.05) is 24.5 Å². The van der Waals surface area contributed by atoms with Crippen molar-refractivity contribution in [2.24, 2.45) is 0 Å². The molecule has 10 heteroatoms. The maximum atomic E-state index is 13.0. The van der Waals surface area contributed by atoms with Crippen LogP contribution >= 0.6 is 0 Å². The van der Waals surface area contributed by atoms with Crippen molar-refractivity contribution in [2.45, 2.75) is 31.1 Å². The number of hydrogen-bond acceptors (Lipinski definition) is 5. The molecular formula is C19H20F4N4O2. The lowest BCUT2D eigenvalue weighted by molar-refractivity contribution is -0.192. The molecule has 156 valence electrons. The summed E-state index contributed by atoms with van der Waals surface area (Å²) >= 11 is 0. The van der Waals surface area contributed by atoms with Gasteiger partial charge >= 0.3 is 12.1 Å². The number of aromatic nitrogens is 2. The van der Waals surface area contributed by atoms with Gasteiger partial charge in [0.1, 0.15) is 5.82 Å². The molecule has 0 saturated carbocycles. The summed E-state index contributed by atoms with van der Waals surface area (Å²) in [7, 11) is 0. The summed E-state index contributed by atoms with van der Waals surface area (Å²) in [6, 6.07) is 8.70. The molecule has 0 radical (unpaired) electrons. The summed E-state index contributed by atoms with van der Waals surface area (Å²) in [5.41, 5.74) is 1.42. The molecule has 2 aliphatic rings. The second-order valence-electron chi connectivity index (χ2n) is 7.05. The van der Waals surface area contributed by atoms with Crippen LogP contribution in [0.2, 0.25) is 0 Å². The first-order valence-corrected chi connectivity index (χ1v) is 9.01. The fourth-order valence-corrected chi connectivity index (χ4v) is 3.59. The molecule has 1 N–H and O–H groups in total. The predicted molar refractivity (Wildman–Crippen MR) is 96.7 cm³/mol. The van der Waals surface area contributed by atoms with E-state index in [1.807, 2.05) is 18.2 Å². The molecule has 1 unspecified atom stereocenters. The van der Waals surface area contributed by atoms with Gasteiger partial charge < -0.3 is 10.0 Å². The number of carboxylic acids is 1. The highest BCUT2D eigenvalue weighted by atomic mass is 19.4. The number of nitrogens with zero attached hydrogens (tertiary/aromatic N) is 4. The third-order valence-electron chi connectivity index (χ3n) is 5.21. The minimum absolute atomic E-state index is 0.171. The van der Waals surface area contributed by atoms with E-state index in [4.69, 9.17) is 9.90 Å². The van der Waals surface area contributed by atoms with E-state index in [1.54, 1.807) is 24.5 Å². The van der Waals surface area contributed by atoms with E-state index in [9.17, 15) is 17.6 Å². The van der Waals surface area contributed by atoms with Crippen molar-refractivity contribution in [1.82, 2.24) is 14.9 Å². The van der Waals surface area contributed by atoms with Crippen molar-refractivity contribution in [3.63, 3.8) is 0 Å². The molecule has 1 aromatic heterocycles. The monoisotopic (exact) mass is 412 g/mol. The molecule has 1 spiro atoms. The SMILES string of the molecule is Fc1ccc(CN2CCC23CCN(c2ncccn2)C3)cc1.O=C(O)C(F)(F)F. The van der Waals surface area contributed by atoms with Crippen LogP contribution in [-0.4, -0.2) is 57.3 Å². The first-order chi connectivity index (χ1) is 13.7. The zero-order chi connectivity index (χ0) is 21.1. The molecule has 2 aromatic rings. The van der Waals surface area contributed by atoms with Crippen LogP contribution in [0.15, 0.2) is 42.7 Å². The van der Waals surface area contributed by atoms with Gasteiger partial charge in [0, 0.05) is 44.1 Å². The number of rotatable bonds is 3. The summed E-state index contributed by atoms with van der Waals surface area (Å²) < 4.78 is 44.8. The van der Waals surface area contributed by atoms with Crippen LogP contribution in [0, 0.1) is 5.82 Å². The maximum absolute atomic E-state index is 13.0. The zero-order valence-electron chi connectivity index (χ0n) is 15.4. The molecule has 2 fully saturated rings. The molecule has 1 atom stereocenters. The van der Waals surface area contributed by atoms with E-state index in [1.165, 1.54) is 12.0 Å². The number of likely N-dealkylation sites (tertiary alicyclic amines) is 1. The summed E-state index contributed by atoms with van der Waals surface area (Å²) in [6.07, 6.45) is 0.874. The topological polar surface area (TPSA) is 69.6 Å². The number of hydrogen-bond donors (Lipinski definition) is 1. The Kier molecular flexibility index (Phi) is 6.02. The molecule has 3 heterocycles. The van der Waals surface area contributed by atoms with Crippen molar-refractivity contribution in [3.8, 4) is 0 Å². The van der Waals surface area contributed by atoms with Crippen LogP contribution in [0.25, 0.3) is 0 Å². The smallest absolute Gasteiger partial charge is 0.475 e. The van der Waals surface area contributed by atoms with Crippen molar-refractivity contribution < 1.29 is 27.5 Å². The van der Waals surface area contributed by atoms with Gasteiger partial charge in [-0.25, -0.2) is 19.2 Å². The second kappa shape index (κ2) is 8.32. The quantitative estimate of drug-likeness (QED) is 0.782. The van der Waals surface area contributed by atoms with Crippen molar-refractivity contribution in [1.29, 1.82) is 0 Å². The van der Waals surface area contributed by atoms with E-state index in [0.29, 0.717) is 0 Å². The molecule has 0 bridgehead atoms. The fraction of sp³-hybridized carbons (Fsp3) is 0.421. The third-order valence-corrected chi connectivity index (χ3v) is 5.21. The van der Waals surface area contributed by atoms with E-state index >= 15 is 0 Å². The van der Waals surface area contributed by atoms with Crippen LogP contribution in [0.3, 0.4) is 0 Å². The lowest BCUT2D eigenvalue weighted by Gasteiger charge is -2.50. The van der Waals surface area contributed by atoms with Crippen LogP contribution in [0.4, 0.5) is 23.5 Å². The Morgan fingerprint density at radius 1 is 1.10 bits per heavy atom. The van der Waals surface area contributed by atoms with Gasteiger partial charge in [0.2, 0.25) is 5.95 Å². The molecule has 0 aliphatic carbocycles. The Balaban J connectivity index is 0.000000298. The molecule has 6 nitrogen and oxygen atoms in total. The predicted octanol–water partition coefficient (Wildman–Crippen LogP) is 3.10. The van der Waals surface area contributed by atoms with Gasteiger partial charge in [-0.1, -0.05) is 12.1 Å². The standard InChI is InChI=1S/C17H19FN4.C2HF3O2/c18-15-4-2-14(3-5-15)12-22-11-7-17(22)6-10-21(13-17)16-19-8-1-9-20-16;3-2(4,5)1(6)7/h1-5,8-9H,6-7,10-13H2;(H,6,7). The van der Waals surface area contributed by atoms with E-state index < -0.39 is 12.1 Å². The van der Waals surface area contributed by atoms with Gasteiger partial charge in [0.25, 0.3) is 0 Å². The molecule has 4 rings (SSSR count). The van der Waals surface area contributed by atoms with Gasteiger partial charge in [0.05, 0.1) is 0 Å². The number of alkyl halides is 3. The van der Waals surface area contributed by atoms with E-state index in [-0.39, 0.29) is 11.4 Å². The van der Waals surface area contributed by atoms with Crippen molar-refractivity contribution in [3.05, 3.63) is 54.1 Å². The molecule has 2 saturated heterocycles. The highest BCUT2D eigenvalue weighted by Gasteiger charge is 2.49. The van der Waals surface area contributed by atoms with Crippen LogP contribution in [0.5, 0.6) is 0 Å². The van der Waals surface area contributed by atoms with Gasteiger partial charge in [-0.2, -0.15) is 13.2 Å². The van der Waals surface area contributed by atoms with Crippen LogP contribution < -0.4 is 4.90 Å².